The van der Waals surface area contributed by atoms with Gasteiger partial charge in [0.05, 0.1) is 11.8 Å². The number of pyridine rings is 1. The van der Waals surface area contributed by atoms with Crippen molar-refractivity contribution in [2.75, 3.05) is 17.6 Å². The topological polar surface area (TPSA) is 80.4 Å². The first-order chi connectivity index (χ1) is 9.33. The quantitative estimate of drug-likeness (QED) is 0.788. The van der Waals surface area contributed by atoms with Crippen LogP contribution in [0.3, 0.4) is 0 Å². The van der Waals surface area contributed by atoms with Crippen LogP contribution >= 0.6 is 0 Å². The van der Waals surface area contributed by atoms with E-state index >= 15 is 0 Å². The van der Waals surface area contributed by atoms with Crippen LogP contribution in [0.2, 0.25) is 0 Å². The fraction of sp³-hybridized carbons (Fsp3) is 0.667. The summed E-state index contributed by atoms with van der Waals surface area (Å²) in [4.78, 5) is 4.42. The number of hydrogen-bond donors (Lipinski definition) is 3. The van der Waals surface area contributed by atoms with Crippen LogP contribution < -0.4 is 15.8 Å². The SMILES string of the molecule is CC(C)(C)Oc1nc(NCC2CCC(O)C2)ccc1N. The maximum Gasteiger partial charge on any atom is 0.239 e. The van der Waals surface area contributed by atoms with Crippen molar-refractivity contribution in [3.05, 3.63) is 12.1 Å². The highest BCUT2D eigenvalue weighted by Gasteiger charge is 2.22. The number of anilines is 2. The second kappa shape index (κ2) is 5.87. The number of rotatable bonds is 4. The standard InChI is InChI=1S/C15H25N3O2/c1-15(2,3)20-14-12(16)6-7-13(18-14)17-9-10-4-5-11(19)8-10/h6-7,10-11,19H,4-5,8-9,16H2,1-3H3,(H,17,18). The monoisotopic (exact) mass is 279 g/mol. The summed E-state index contributed by atoms with van der Waals surface area (Å²) >= 11 is 0. The minimum Gasteiger partial charge on any atom is -0.470 e. The zero-order valence-corrected chi connectivity index (χ0v) is 12.5. The number of ether oxygens (including phenoxy) is 1. The summed E-state index contributed by atoms with van der Waals surface area (Å²) in [5, 5.41) is 12.8. The number of aromatic nitrogens is 1. The van der Waals surface area contributed by atoms with Gasteiger partial charge < -0.3 is 20.9 Å². The maximum atomic E-state index is 9.52. The second-order valence-electron chi connectivity index (χ2n) is 6.52. The van der Waals surface area contributed by atoms with Crippen molar-refractivity contribution in [1.82, 2.24) is 4.98 Å². The minimum atomic E-state index is -0.324. The predicted octanol–water partition coefficient (Wildman–Crippen LogP) is 2.41. The van der Waals surface area contributed by atoms with Gasteiger partial charge in [-0.05, 0) is 58.1 Å². The van der Waals surface area contributed by atoms with Crippen molar-refractivity contribution >= 4 is 11.5 Å². The minimum absolute atomic E-state index is 0.138. The van der Waals surface area contributed by atoms with Crippen LogP contribution in [0.1, 0.15) is 40.0 Å². The molecular formula is C15H25N3O2. The first kappa shape index (κ1) is 14.9. The summed E-state index contributed by atoms with van der Waals surface area (Å²) in [5.74, 6) is 1.74. The molecule has 5 heteroatoms. The maximum absolute atomic E-state index is 9.52. The Labute approximate surface area is 120 Å². The number of nitrogens with two attached hydrogens (primary N) is 1. The van der Waals surface area contributed by atoms with E-state index in [1.165, 1.54) is 0 Å². The van der Waals surface area contributed by atoms with Crippen LogP contribution in [-0.2, 0) is 0 Å². The number of nitrogen functional groups attached to an aromatic ring is 1. The summed E-state index contributed by atoms with van der Waals surface area (Å²) in [7, 11) is 0. The van der Waals surface area contributed by atoms with Gasteiger partial charge >= 0.3 is 0 Å². The zero-order valence-electron chi connectivity index (χ0n) is 12.5. The summed E-state index contributed by atoms with van der Waals surface area (Å²) in [6.45, 7) is 6.72. The van der Waals surface area contributed by atoms with Crippen LogP contribution in [0, 0.1) is 5.92 Å². The molecule has 2 rings (SSSR count). The van der Waals surface area contributed by atoms with Crippen molar-refractivity contribution in [3.63, 3.8) is 0 Å². The van der Waals surface area contributed by atoms with Crippen molar-refractivity contribution < 1.29 is 9.84 Å². The van der Waals surface area contributed by atoms with Gasteiger partial charge in [0.15, 0.2) is 0 Å². The molecule has 1 aromatic rings. The van der Waals surface area contributed by atoms with E-state index in [1.807, 2.05) is 26.8 Å². The smallest absolute Gasteiger partial charge is 0.239 e. The van der Waals surface area contributed by atoms with Crippen LogP contribution in [-0.4, -0.2) is 28.3 Å². The average Bonchev–Trinajstić information content (AvgIpc) is 2.74. The predicted molar refractivity (Wildman–Crippen MR) is 80.9 cm³/mol. The molecule has 2 atom stereocenters. The average molecular weight is 279 g/mol. The van der Waals surface area contributed by atoms with E-state index in [-0.39, 0.29) is 11.7 Å². The third-order valence-corrected chi connectivity index (χ3v) is 3.38. The van der Waals surface area contributed by atoms with Crippen molar-refractivity contribution in [2.45, 2.75) is 51.7 Å². The van der Waals surface area contributed by atoms with Crippen LogP contribution in [0.25, 0.3) is 0 Å². The first-order valence-electron chi connectivity index (χ1n) is 7.21. The zero-order chi connectivity index (χ0) is 14.8. The highest BCUT2D eigenvalue weighted by molar-refractivity contribution is 5.53. The molecule has 1 heterocycles. The van der Waals surface area contributed by atoms with E-state index in [0.29, 0.717) is 17.5 Å². The summed E-state index contributed by atoms with van der Waals surface area (Å²) in [6, 6.07) is 3.66. The number of nitrogens with zero attached hydrogens (tertiary/aromatic N) is 1. The lowest BCUT2D eigenvalue weighted by Crippen LogP contribution is -2.24. The van der Waals surface area contributed by atoms with E-state index in [0.717, 1.165) is 31.6 Å². The molecule has 0 spiro atoms. The molecule has 1 aromatic heterocycles. The van der Waals surface area contributed by atoms with Crippen molar-refractivity contribution in [2.24, 2.45) is 5.92 Å². The van der Waals surface area contributed by atoms with E-state index in [2.05, 4.69) is 10.3 Å². The Balaban J connectivity index is 1.96. The Bertz CT molecular complexity index is 457. The summed E-state index contributed by atoms with van der Waals surface area (Å²) < 4.78 is 5.75. The second-order valence-corrected chi connectivity index (χ2v) is 6.52. The Morgan fingerprint density at radius 2 is 2.15 bits per heavy atom. The van der Waals surface area contributed by atoms with Gasteiger partial charge in [-0.1, -0.05) is 0 Å². The van der Waals surface area contributed by atoms with Crippen LogP contribution in [0.15, 0.2) is 12.1 Å². The van der Waals surface area contributed by atoms with Gasteiger partial charge in [0, 0.05) is 6.54 Å². The molecule has 1 aliphatic carbocycles. The fourth-order valence-electron chi connectivity index (χ4n) is 2.40. The molecule has 0 aliphatic heterocycles. The molecule has 0 amide bonds. The third kappa shape index (κ3) is 4.27. The van der Waals surface area contributed by atoms with Crippen molar-refractivity contribution in [1.29, 1.82) is 0 Å². The van der Waals surface area contributed by atoms with E-state index in [4.69, 9.17) is 10.5 Å². The lowest BCUT2D eigenvalue weighted by Gasteiger charge is -2.22. The van der Waals surface area contributed by atoms with E-state index in [9.17, 15) is 5.11 Å². The van der Waals surface area contributed by atoms with Gasteiger partial charge in [-0.3, -0.25) is 0 Å². The largest absolute Gasteiger partial charge is 0.470 e. The normalized spacial score (nSPS) is 22.8. The Kier molecular flexibility index (Phi) is 4.38. The van der Waals surface area contributed by atoms with Gasteiger partial charge in [0.2, 0.25) is 5.88 Å². The van der Waals surface area contributed by atoms with Crippen molar-refractivity contribution in [3.8, 4) is 5.88 Å². The number of hydrogen-bond acceptors (Lipinski definition) is 5. The number of nitrogens with one attached hydrogen (secondary N) is 1. The lowest BCUT2D eigenvalue weighted by molar-refractivity contribution is 0.125. The molecule has 4 N–H and O–H groups in total. The Morgan fingerprint density at radius 3 is 2.75 bits per heavy atom. The molecule has 112 valence electrons. The summed E-state index contributed by atoms with van der Waals surface area (Å²) in [6.07, 6.45) is 2.70. The molecule has 0 bridgehead atoms. The van der Waals surface area contributed by atoms with Crippen LogP contribution in [0.5, 0.6) is 5.88 Å². The summed E-state index contributed by atoms with van der Waals surface area (Å²) in [5.41, 5.74) is 6.10. The van der Waals surface area contributed by atoms with Gasteiger partial charge in [-0.15, -0.1) is 0 Å². The highest BCUT2D eigenvalue weighted by atomic mass is 16.5. The van der Waals surface area contributed by atoms with Gasteiger partial charge in [-0.2, -0.15) is 4.98 Å². The molecule has 20 heavy (non-hydrogen) atoms. The molecule has 0 saturated heterocycles. The Morgan fingerprint density at radius 1 is 1.40 bits per heavy atom. The first-order valence-corrected chi connectivity index (χ1v) is 7.21. The van der Waals surface area contributed by atoms with Gasteiger partial charge in [-0.25, -0.2) is 0 Å². The van der Waals surface area contributed by atoms with Crippen LogP contribution in [0.4, 0.5) is 11.5 Å². The molecule has 1 fully saturated rings. The molecular weight excluding hydrogens is 254 g/mol. The third-order valence-electron chi connectivity index (χ3n) is 3.38. The molecule has 1 aliphatic rings. The lowest BCUT2D eigenvalue weighted by atomic mass is 10.1. The van der Waals surface area contributed by atoms with Gasteiger partial charge in [0.25, 0.3) is 0 Å². The molecule has 5 nitrogen and oxygen atoms in total. The molecule has 1 saturated carbocycles. The highest BCUT2D eigenvalue weighted by Crippen LogP contribution is 2.27. The number of aliphatic hydroxyl groups is 1. The molecule has 2 unspecified atom stereocenters. The molecule has 0 aromatic carbocycles. The van der Waals surface area contributed by atoms with E-state index in [1.54, 1.807) is 6.07 Å². The van der Waals surface area contributed by atoms with E-state index < -0.39 is 0 Å². The fourth-order valence-corrected chi connectivity index (χ4v) is 2.40. The molecule has 0 radical (unpaired) electrons. The Hall–Kier alpha value is -1.49. The number of aliphatic hydroxyl groups excluding tert-OH is 1. The van der Waals surface area contributed by atoms with Gasteiger partial charge in [0.1, 0.15) is 11.4 Å².